The maximum Gasteiger partial charge on any atom is 0.299 e. The number of hydrogen-bond acceptors (Lipinski definition) is 6. The van der Waals surface area contributed by atoms with Gasteiger partial charge in [-0.25, -0.2) is 0 Å². The number of benzene rings is 1. The van der Waals surface area contributed by atoms with Gasteiger partial charge in [-0.15, -0.1) is 0 Å². The molecular weight excluding hydrogens is 376 g/mol. The zero-order valence-corrected chi connectivity index (χ0v) is 16.1. The maximum atomic E-state index is 12.1. The molecule has 0 spiro atoms. The second kappa shape index (κ2) is 7.73. The number of phenolic OH excluding ortho intramolecular Hbond substituents is 1. The van der Waals surface area contributed by atoms with E-state index in [1.54, 1.807) is 6.07 Å². The number of allylic oxidation sites excluding steroid dienone is 1. The largest absolute Gasteiger partial charge is 0.507 e. The fourth-order valence-corrected chi connectivity index (χ4v) is 4.63. The first-order valence-corrected chi connectivity index (χ1v) is 10.1. The molecule has 2 aliphatic heterocycles. The molecule has 1 saturated heterocycles. The molecular formula is C20H24N4O5. The molecule has 0 atom stereocenters. The zero-order chi connectivity index (χ0) is 20.5. The second-order valence-electron chi connectivity index (χ2n) is 7.69. The molecule has 1 aromatic carbocycles. The summed E-state index contributed by atoms with van der Waals surface area (Å²) in [6.45, 7) is 1.24. The summed E-state index contributed by atoms with van der Waals surface area (Å²) in [6.07, 6.45) is 6.41. The monoisotopic (exact) mass is 400 g/mol. The van der Waals surface area contributed by atoms with Gasteiger partial charge in [0.15, 0.2) is 0 Å². The topological polar surface area (TPSA) is 123 Å². The van der Waals surface area contributed by atoms with Gasteiger partial charge in [0.2, 0.25) is 0 Å². The minimum atomic E-state index is -0.519. The molecule has 2 N–H and O–H groups in total. The van der Waals surface area contributed by atoms with Crippen molar-refractivity contribution in [2.45, 2.75) is 57.9 Å². The second-order valence-corrected chi connectivity index (χ2v) is 7.69. The number of nitrogens with one attached hydrogen (secondary N) is 1. The maximum absolute atomic E-state index is 12.1. The molecule has 4 rings (SSSR count). The molecule has 0 unspecified atom stereocenters. The summed E-state index contributed by atoms with van der Waals surface area (Å²) in [5, 5.41) is 38.1. The number of phenols is 1. The van der Waals surface area contributed by atoms with E-state index in [1.807, 2.05) is 4.57 Å². The molecule has 1 fully saturated rings. The lowest BCUT2D eigenvalue weighted by Gasteiger charge is -2.11. The van der Waals surface area contributed by atoms with E-state index in [0.29, 0.717) is 42.8 Å². The van der Waals surface area contributed by atoms with Crippen molar-refractivity contribution in [2.24, 2.45) is 0 Å². The number of aryl methyl sites for hydroxylation is 1. The molecule has 29 heavy (non-hydrogen) atoms. The van der Waals surface area contributed by atoms with Crippen LogP contribution in [0.25, 0.3) is 16.6 Å². The Balaban J connectivity index is 2.08. The summed E-state index contributed by atoms with van der Waals surface area (Å²) >= 11 is 0. The predicted molar refractivity (Wildman–Crippen MR) is 108 cm³/mol. The molecule has 0 bridgehead atoms. The standard InChI is InChI=1S/C20H24N4O5/c25-16-10-9-14-17(20(24(28)29)15-8-4-2-6-12-22(14)15)18(16)19(23(26)27)13-7-3-1-5-11-21-13/h9-10,21,25H,1-8,11-12H2/b19-13+. The third-order valence-corrected chi connectivity index (χ3v) is 5.91. The van der Waals surface area contributed by atoms with Gasteiger partial charge in [0.05, 0.1) is 32.1 Å². The lowest BCUT2D eigenvalue weighted by molar-refractivity contribution is -0.384. The van der Waals surface area contributed by atoms with Crippen molar-refractivity contribution in [2.75, 3.05) is 6.54 Å². The number of nitrogens with zero attached hydrogens (tertiary/aromatic N) is 3. The van der Waals surface area contributed by atoms with Crippen molar-refractivity contribution in [3.63, 3.8) is 0 Å². The first kappa shape index (κ1) is 19.2. The third-order valence-electron chi connectivity index (χ3n) is 5.91. The Labute approximate surface area is 167 Å². The lowest BCUT2D eigenvalue weighted by Crippen LogP contribution is -2.17. The van der Waals surface area contributed by atoms with Gasteiger partial charge in [-0.1, -0.05) is 12.8 Å². The normalized spacial score (nSPS) is 19.0. The zero-order valence-electron chi connectivity index (χ0n) is 16.1. The van der Waals surface area contributed by atoms with Crippen LogP contribution in [-0.2, 0) is 13.0 Å². The minimum Gasteiger partial charge on any atom is -0.507 e. The first-order chi connectivity index (χ1) is 14.0. The van der Waals surface area contributed by atoms with Gasteiger partial charge in [0, 0.05) is 13.1 Å². The van der Waals surface area contributed by atoms with Gasteiger partial charge in [-0.3, -0.25) is 20.2 Å². The van der Waals surface area contributed by atoms with Gasteiger partial charge in [0.1, 0.15) is 11.3 Å². The van der Waals surface area contributed by atoms with E-state index >= 15 is 0 Å². The van der Waals surface area contributed by atoms with E-state index in [0.717, 1.165) is 38.5 Å². The van der Waals surface area contributed by atoms with E-state index in [4.69, 9.17) is 0 Å². The van der Waals surface area contributed by atoms with Gasteiger partial charge in [0.25, 0.3) is 11.4 Å². The first-order valence-electron chi connectivity index (χ1n) is 10.1. The summed E-state index contributed by atoms with van der Waals surface area (Å²) in [6, 6.07) is 3.05. The summed E-state index contributed by atoms with van der Waals surface area (Å²) < 4.78 is 1.91. The molecule has 0 amide bonds. The van der Waals surface area contributed by atoms with Crippen molar-refractivity contribution >= 4 is 22.3 Å². The molecule has 2 aromatic rings. The lowest BCUT2D eigenvalue weighted by atomic mass is 10.0. The Hall–Kier alpha value is -3.10. The molecule has 154 valence electrons. The Bertz CT molecular complexity index is 1010. The summed E-state index contributed by atoms with van der Waals surface area (Å²) in [7, 11) is 0. The third kappa shape index (κ3) is 3.30. The van der Waals surface area contributed by atoms with Crippen LogP contribution in [-0.4, -0.2) is 26.1 Å². The quantitative estimate of drug-likeness (QED) is 0.591. The van der Waals surface area contributed by atoms with Crippen molar-refractivity contribution in [1.29, 1.82) is 0 Å². The Morgan fingerprint density at radius 3 is 2.55 bits per heavy atom. The van der Waals surface area contributed by atoms with Gasteiger partial charge < -0.3 is 15.0 Å². The van der Waals surface area contributed by atoms with Crippen LogP contribution in [0.3, 0.4) is 0 Å². The van der Waals surface area contributed by atoms with Gasteiger partial charge >= 0.3 is 0 Å². The molecule has 9 nitrogen and oxygen atoms in total. The highest BCUT2D eigenvalue weighted by Gasteiger charge is 2.35. The van der Waals surface area contributed by atoms with Crippen LogP contribution in [0.5, 0.6) is 5.75 Å². The van der Waals surface area contributed by atoms with E-state index in [9.17, 15) is 25.3 Å². The summed E-state index contributed by atoms with van der Waals surface area (Å²) in [5.74, 6) is -0.299. The van der Waals surface area contributed by atoms with Crippen LogP contribution in [0.1, 0.15) is 56.2 Å². The highest BCUT2D eigenvalue weighted by atomic mass is 16.6. The summed E-state index contributed by atoms with van der Waals surface area (Å²) in [5.41, 5.74) is 1.21. The molecule has 2 aliphatic rings. The fraction of sp³-hybridized carbons (Fsp3) is 0.500. The van der Waals surface area contributed by atoms with Gasteiger partial charge in [-0.05, 0) is 50.7 Å². The van der Waals surface area contributed by atoms with E-state index in [2.05, 4.69) is 5.32 Å². The average Bonchev–Trinajstić information content (AvgIpc) is 2.90. The van der Waals surface area contributed by atoms with Crippen molar-refractivity contribution < 1.29 is 15.0 Å². The molecule has 0 saturated carbocycles. The Kier molecular flexibility index (Phi) is 5.12. The van der Waals surface area contributed by atoms with E-state index in [1.165, 1.54) is 6.07 Å². The number of aromatic nitrogens is 1. The molecule has 0 radical (unpaired) electrons. The molecule has 1 aromatic heterocycles. The minimum absolute atomic E-state index is 0.0378. The molecule has 9 heteroatoms. The number of fused-ring (bicyclic) bond motifs is 3. The van der Waals surface area contributed by atoms with Crippen LogP contribution >= 0.6 is 0 Å². The van der Waals surface area contributed by atoms with Crippen molar-refractivity contribution in [3.8, 4) is 5.75 Å². The number of rotatable bonds is 3. The number of aromatic hydroxyl groups is 1. The Morgan fingerprint density at radius 1 is 1.03 bits per heavy atom. The Morgan fingerprint density at radius 2 is 1.79 bits per heavy atom. The van der Waals surface area contributed by atoms with E-state index < -0.39 is 9.85 Å². The van der Waals surface area contributed by atoms with Crippen molar-refractivity contribution in [3.05, 3.63) is 49.3 Å². The smallest absolute Gasteiger partial charge is 0.299 e. The van der Waals surface area contributed by atoms with E-state index in [-0.39, 0.29) is 28.1 Å². The van der Waals surface area contributed by atoms with Crippen LogP contribution in [0, 0.1) is 20.2 Å². The van der Waals surface area contributed by atoms with Crippen LogP contribution in [0.15, 0.2) is 17.8 Å². The van der Waals surface area contributed by atoms with Crippen LogP contribution in [0.4, 0.5) is 5.69 Å². The van der Waals surface area contributed by atoms with Crippen LogP contribution in [0.2, 0.25) is 0 Å². The van der Waals surface area contributed by atoms with Crippen LogP contribution < -0.4 is 5.32 Å². The van der Waals surface area contributed by atoms with Gasteiger partial charge in [-0.2, -0.15) is 0 Å². The molecule has 3 heterocycles. The number of hydrogen-bond donors (Lipinski definition) is 2. The predicted octanol–water partition coefficient (Wildman–Crippen LogP) is 4.09. The SMILES string of the molecule is O=[N+]([O-])/C(=C1\CCCCCN1)c1c(O)ccc2c1c([N+](=O)[O-])c1n2CCCCC1. The highest BCUT2D eigenvalue weighted by Crippen LogP contribution is 2.44. The highest BCUT2D eigenvalue weighted by molar-refractivity contribution is 6.02. The molecule has 0 aliphatic carbocycles. The fourth-order valence-electron chi connectivity index (χ4n) is 4.63. The van der Waals surface area contributed by atoms with Crippen molar-refractivity contribution in [1.82, 2.24) is 9.88 Å². The number of nitro groups is 2. The average molecular weight is 400 g/mol. The summed E-state index contributed by atoms with van der Waals surface area (Å²) in [4.78, 5) is 23.2.